The molecule has 0 aliphatic rings. The van der Waals surface area contributed by atoms with Crippen molar-refractivity contribution in [1.82, 2.24) is 0 Å². The van der Waals surface area contributed by atoms with Gasteiger partial charge in [-0.25, -0.2) is 4.21 Å². The number of hydrogen-bond acceptors (Lipinski definition) is 3. The molecule has 0 aliphatic carbocycles. The van der Waals surface area contributed by atoms with E-state index in [1.165, 1.54) is 0 Å². The molecule has 0 aliphatic heterocycles. The van der Waals surface area contributed by atoms with Crippen molar-refractivity contribution < 1.29 is 8.63 Å². The Bertz CT molecular complexity index is 970. The highest BCUT2D eigenvalue weighted by Gasteiger charge is 2.22. The van der Waals surface area contributed by atoms with Gasteiger partial charge >= 0.3 is 0 Å². The Morgan fingerprint density at radius 2 is 1.80 bits per heavy atom. The lowest BCUT2D eigenvalue weighted by Crippen LogP contribution is -2.21. The van der Waals surface area contributed by atoms with Crippen molar-refractivity contribution in [3.05, 3.63) is 71.5 Å². The van der Waals surface area contributed by atoms with Crippen LogP contribution >= 0.6 is 0 Å². The molecule has 0 saturated heterocycles. The lowest BCUT2D eigenvalue weighted by molar-refractivity contribution is 0.605. The summed E-state index contributed by atoms with van der Waals surface area (Å²) in [6.07, 6.45) is 0. The summed E-state index contributed by atoms with van der Waals surface area (Å²) in [7, 11) is -1.43. The second-order valence-corrected chi connectivity index (χ2v) is 8.54. The molecule has 0 N–H and O–H groups in total. The van der Waals surface area contributed by atoms with Crippen LogP contribution in [0, 0.1) is 11.3 Å². The number of nitrogens with zero attached hydrogens (tertiary/aromatic N) is 2. The van der Waals surface area contributed by atoms with Gasteiger partial charge in [0.25, 0.3) is 0 Å². The molecule has 0 spiro atoms. The Balaban J connectivity index is 2.15. The molecule has 1 heterocycles. The van der Waals surface area contributed by atoms with Gasteiger partial charge in [-0.3, -0.25) is 0 Å². The van der Waals surface area contributed by atoms with Gasteiger partial charge in [-0.1, -0.05) is 30.3 Å². The van der Waals surface area contributed by atoms with Crippen molar-refractivity contribution in [2.75, 3.05) is 0 Å². The van der Waals surface area contributed by atoms with E-state index in [1.54, 1.807) is 24.3 Å². The largest absolute Gasteiger partial charge is 0.454 e. The molecule has 3 rings (SSSR count). The van der Waals surface area contributed by atoms with Gasteiger partial charge in [-0.2, -0.15) is 9.66 Å². The highest BCUT2D eigenvalue weighted by Crippen LogP contribution is 2.24. The molecule has 1 atom stereocenters. The second-order valence-electron chi connectivity index (χ2n) is 6.64. The van der Waals surface area contributed by atoms with E-state index in [1.807, 2.05) is 51.1 Å². The summed E-state index contributed by atoms with van der Waals surface area (Å²) in [6.45, 7) is 5.63. The minimum absolute atomic E-state index is 0.482. The molecule has 0 saturated carbocycles. The van der Waals surface area contributed by atoms with Crippen molar-refractivity contribution >= 4 is 27.7 Å². The minimum atomic E-state index is -1.43. The van der Waals surface area contributed by atoms with Gasteiger partial charge in [-0.05, 0) is 45.0 Å². The number of para-hydroxylation sites is 1. The van der Waals surface area contributed by atoms with Crippen molar-refractivity contribution in [2.24, 2.45) is 4.40 Å². The first-order chi connectivity index (χ1) is 11.9. The normalized spacial score (nSPS) is 13.6. The molecule has 1 unspecified atom stereocenters. The van der Waals surface area contributed by atoms with E-state index in [4.69, 9.17) is 9.68 Å². The predicted octanol–water partition coefficient (Wildman–Crippen LogP) is 4.60. The van der Waals surface area contributed by atoms with E-state index in [2.05, 4.69) is 10.5 Å². The van der Waals surface area contributed by atoms with Crippen molar-refractivity contribution in [2.45, 2.75) is 25.5 Å². The fourth-order valence-electron chi connectivity index (χ4n) is 2.26. The molecule has 126 valence electrons. The van der Waals surface area contributed by atoms with Gasteiger partial charge in [0, 0.05) is 10.9 Å². The maximum atomic E-state index is 12.6. The van der Waals surface area contributed by atoms with Crippen LogP contribution in [0.1, 0.15) is 37.7 Å². The average molecular weight is 350 g/mol. The number of benzene rings is 2. The van der Waals surface area contributed by atoms with Gasteiger partial charge in [0.15, 0.2) is 5.76 Å². The molecule has 3 aromatic rings. The molecule has 2 aromatic carbocycles. The van der Waals surface area contributed by atoms with Crippen molar-refractivity contribution in [1.29, 1.82) is 5.26 Å². The van der Waals surface area contributed by atoms with Gasteiger partial charge in [0.05, 0.1) is 16.4 Å². The van der Waals surface area contributed by atoms with Gasteiger partial charge < -0.3 is 4.42 Å². The molecule has 0 radical (unpaired) electrons. The molecule has 0 fully saturated rings. The highest BCUT2D eigenvalue weighted by atomic mass is 32.2. The molecule has 1 aromatic heterocycles. The zero-order valence-electron chi connectivity index (χ0n) is 14.3. The predicted molar refractivity (Wildman–Crippen MR) is 101 cm³/mol. The quantitative estimate of drug-likeness (QED) is 0.648. The van der Waals surface area contributed by atoms with Crippen LogP contribution in [0.4, 0.5) is 0 Å². The summed E-state index contributed by atoms with van der Waals surface area (Å²) < 4.78 is 22.5. The van der Waals surface area contributed by atoms with Crippen molar-refractivity contribution in [3.63, 3.8) is 0 Å². The van der Waals surface area contributed by atoms with E-state index < -0.39 is 15.7 Å². The first-order valence-electron chi connectivity index (χ1n) is 7.88. The maximum absolute atomic E-state index is 12.6. The van der Waals surface area contributed by atoms with E-state index in [0.29, 0.717) is 17.0 Å². The second kappa shape index (κ2) is 6.66. The Morgan fingerprint density at radius 3 is 2.40 bits per heavy atom. The summed E-state index contributed by atoms with van der Waals surface area (Å²) in [6, 6.07) is 18.7. The molecule has 0 bridgehead atoms. The van der Waals surface area contributed by atoms with Crippen LogP contribution in [0.3, 0.4) is 0 Å². The van der Waals surface area contributed by atoms with Crippen LogP contribution in [0.15, 0.2) is 63.4 Å². The third-order valence-electron chi connectivity index (χ3n) is 3.64. The fraction of sp³-hybridized carbons (Fsp3) is 0.200. The number of rotatable bonds is 3. The molecule has 0 amide bonds. The standard InChI is InChI=1S/C20H18N2O2S/c1-20(2,3)25(23)22-19(15-10-8-14(13-21)9-11-15)18-12-16-6-4-5-7-17(16)24-18/h4-12H,1-3H3/b22-19+. The monoisotopic (exact) mass is 350 g/mol. The Labute approximate surface area is 149 Å². The lowest BCUT2D eigenvalue weighted by Gasteiger charge is -2.14. The molecule has 4 nitrogen and oxygen atoms in total. The van der Waals surface area contributed by atoms with Crippen LogP contribution in [0.2, 0.25) is 0 Å². The molecular formula is C20H18N2O2S. The number of fused-ring (bicyclic) bond motifs is 1. The zero-order chi connectivity index (χ0) is 18.0. The summed E-state index contributed by atoms with van der Waals surface area (Å²) in [5.41, 5.74) is 2.59. The smallest absolute Gasteiger partial charge is 0.155 e. The molecule has 25 heavy (non-hydrogen) atoms. The fourth-order valence-corrected chi connectivity index (χ4v) is 2.90. The topological polar surface area (TPSA) is 66.4 Å². The summed E-state index contributed by atoms with van der Waals surface area (Å²) in [4.78, 5) is 0. The first kappa shape index (κ1) is 17.1. The van der Waals surface area contributed by atoms with E-state index in [9.17, 15) is 4.21 Å². The maximum Gasteiger partial charge on any atom is 0.155 e. The van der Waals surface area contributed by atoms with Gasteiger partial charge in [0.2, 0.25) is 0 Å². The number of nitriles is 1. The average Bonchev–Trinajstić information content (AvgIpc) is 3.02. The van der Waals surface area contributed by atoms with E-state index in [0.717, 1.165) is 16.5 Å². The molecule has 5 heteroatoms. The molecular weight excluding hydrogens is 332 g/mol. The Morgan fingerprint density at radius 1 is 1.12 bits per heavy atom. The SMILES string of the molecule is CC(C)(C)S(=O)/N=C(\c1ccc(C#N)cc1)c1cc2ccccc2o1. The Hall–Kier alpha value is -2.71. The third kappa shape index (κ3) is 3.70. The van der Waals surface area contributed by atoms with E-state index in [-0.39, 0.29) is 0 Å². The van der Waals surface area contributed by atoms with E-state index >= 15 is 0 Å². The van der Waals surface area contributed by atoms with Crippen LogP contribution in [0.5, 0.6) is 0 Å². The number of hydrogen-bond donors (Lipinski definition) is 0. The Kier molecular flexibility index (Phi) is 4.56. The van der Waals surface area contributed by atoms with Gasteiger partial charge in [0.1, 0.15) is 22.3 Å². The highest BCUT2D eigenvalue weighted by molar-refractivity contribution is 7.85. The van der Waals surface area contributed by atoms with Crippen molar-refractivity contribution in [3.8, 4) is 6.07 Å². The van der Waals surface area contributed by atoms with Crippen LogP contribution in [0.25, 0.3) is 11.0 Å². The summed E-state index contributed by atoms with van der Waals surface area (Å²) in [5.74, 6) is 0.559. The number of furan rings is 1. The third-order valence-corrected chi connectivity index (χ3v) is 5.04. The summed E-state index contributed by atoms with van der Waals surface area (Å²) >= 11 is 0. The van der Waals surface area contributed by atoms with Crippen LogP contribution in [-0.4, -0.2) is 14.7 Å². The minimum Gasteiger partial charge on any atom is -0.454 e. The van der Waals surface area contributed by atoms with Crippen LogP contribution < -0.4 is 0 Å². The lowest BCUT2D eigenvalue weighted by atomic mass is 10.1. The van der Waals surface area contributed by atoms with Crippen LogP contribution in [-0.2, 0) is 11.0 Å². The van der Waals surface area contributed by atoms with Gasteiger partial charge in [-0.15, -0.1) is 0 Å². The first-order valence-corrected chi connectivity index (χ1v) is 8.99. The summed E-state index contributed by atoms with van der Waals surface area (Å²) in [5, 5.41) is 9.94. The zero-order valence-corrected chi connectivity index (χ0v) is 15.1.